The lowest BCUT2D eigenvalue weighted by Crippen LogP contribution is -2.25. The second kappa shape index (κ2) is 3.42. The van der Waals surface area contributed by atoms with Gasteiger partial charge in [-0.1, -0.05) is 0 Å². The molecule has 0 aromatic carbocycles. The van der Waals surface area contributed by atoms with Crippen molar-refractivity contribution in [1.29, 1.82) is 0 Å². The lowest BCUT2D eigenvalue weighted by Gasteiger charge is -2.12. The Kier molecular flexibility index (Phi) is 2.75. The fourth-order valence-corrected chi connectivity index (χ4v) is 1.28. The number of hydrogen-bond acceptors (Lipinski definition) is 5. The number of nitrogens with zero attached hydrogens (tertiary/aromatic N) is 3. The van der Waals surface area contributed by atoms with E-state index in [4.69, 9.17) is 4.18 Å². The fraction of sp³-hybridized carbons (Fsp3) is 0.833. The Bertz CT molecular complexity index is 169. The van der Waals surface area contributed by atoms with Crippen LogP contribution in [0.5, 0.6) is 0 Å². The molecule has 1 unspecified atom stereocenters. The molecule has 1 atom stereocenters. The zero-order chi connectivity index (χ0) is 8.43. The van der Waals surface area contributed by atoms with Crippen LogP contribution in [0.1, 0.15) is 0 Å². The van der Waals surface area contributed by atoms with Crippen molar-refractivity contribution in [3.8, 4) is 0 Å². The minimum Gasteiger partial charge on any atom is -0.356 e. The maximum atomic E-state index is 5.29. The molecule has 0 saturated heterocycles. The molecule has 1 aliphatic heterocycles. The number of hydrogen-bond donors (Lipinski definition) is 0. The second-order valence-corrected chi connectivity index (χ2v) is 3.50. The van der Waals surface area contributed by atoms with E-state index in [1.54, 1.807) is 0 Å². The van der Waals surface area contributed by atoms with Crippen LogP contribution in [0.3, 0.4) is 0 Å². The van der Waals surface area contributed by atoms with Gasteiger partial charge in [-0.3, -0.25) is 9.08 Å². The molecule has 0 radical (unpaired) electrons. The predicted molar refractivity (Wildman–Crippen MR) is 47.3 cm³/mol. The van der Waals surface area contributed by atoms with Gasteiger partial charge in [0.25, 0.3) is 0 Å². The molecule has 1 rings (SSSR count). The Labute approximate surface area is 71.4 Å². The van der Waals surface area contributed by atoms with E-state index >= 15 is 0 Å². The molecular weight excluding hydrogens is 162 g/mol. The van der Waals surface area contributed by atoms with Crippen molar-refractivity contribution in [2.75, 3.05) is 28.2 Å². The summed E-state index contributed by atoms with van der Waals surface area (Å²) >= 11 is 1.32. The van der Waals surface area contributed by atoms with E-state index in [9.17, 15) is 0 Å². The van der Waals surface area contributed by atoms with E-state index < -0.39 is 0 Å². The van der Waals surface area contributed by atoms with Crippen LogP contribution < -0.4 is 0 Å². The van der Waals surface area contributed by atoms with Gasteiger partial charge in [0.1, 0.15) is 0 Å². The lowest BCUT2D eigenvalue weighted by atomic mass is 10.8. The lowest BCUT2D eigenvalue weighted by molar-refractivity contribution is 0.102. The largest absolute Gasteiger partial charge is 0.356 e. The van der Waals surface area contributed by atoms with E-state index in [1.807, 2.05) is 38.0 Å². The first-order chi connectivity index (χ1) is 5.11. The summed E-state index contributed by atoms with van der Waals surface area (Å²) in [4.78, 5) is 8.16. The van der Waals surface area contributed by atoms with Crippen LogP contribution >= 0.6 is 12.0 Å². The van der Waals surface area contributed by atoms with E-state index in [-0.39, 0.29) is 6.35 Å². The van der Waals surface area contributed by atoms with Gasteiger partial charge in [-0.05, 0) is 14.1 Å². The van der Waals surface area contributed by atoms with Gasteiger partial charge < -0.3 is 4.90 Å². The summed E-state index contributed by atoms with van der Waals surface area (Å²) in [5.41, 5.74) is 0. The van der Waals surface area contributed by atoms with E-state index in [1.165, 1.54) is 12.0 Å². The molecule has 1 aliphatic rings. The normalized spacial score (nSPS) is 24.1. The number of aliphatic imine (C=N–C) groups is 1. The van der Waals surface area contributed by atoms with Gasteiger partial charge in [0, 0.05) is 14.1 Å². The van der Waals surface area contributed by atoms with Gasteiger partial charge >= 0.3 is 0 Å². The Hall–Kier alpha value is -0.260. The molecule has 0 saturated carbocycles. The summed E-state index contributed by atoms with van der Waals surface area (Å²) in [7, 11) is 7.78. The van der Waals surface area contributed by atoms with Crippen molar-refractivity contribution < 1.29 is 4.18 Å². The van der Waals surface area contributed by atoms with E-state index in [0.717, 1.165) is 5.17 Å². The van der Waals surface area contributed by atoms with E-state index in [0.29, 0.717) is 0 Å². The smallest absolute Gasteiger partial charge is 0.222 e. The standard InChI is InChI=1S/C6H13N3OS/c1-8(2)5-7-6(9(3)4)11-10-5/h5H,1-4H3. The third-order valence-electron chi connectivity index (χ3n) is 1.25. The molecule has 0 spiro atoms. The minimum absolute atomic E-state index is 0.127. The van der Waals surface area contributed by atoms with Crippen LogP contribution in [-0.2, 0) is 4.18 Å². The van der Waals surface area contributed by atoms with Gasteiger partial charge in [-0.2, -0.15) is 0 Å². The molecule has 0 N–H and O–H groups in total. The Balaban J connectivity index is 2.54. The van der Waals surface area contributed by atoms with Gasteiger partial charge in [0.2, 0.25) is 6.35 Å². The fourth-order valence-electron chi connectivity index (χ4n) is 0.615. The van der Waals surface area contributed by atoms with Gasteiger partial charge in [0.05, 0.1) is 12.0 Å². The Morgan fingerprint density at radius 3 is 2.27 bits per heavy atom. The first-order valence-corrected chi connectivity index (χ1v) is 4.10. The van der Waals surface area contributed by atoms with Crippen molar-refractivity contribution in [1.82, 2.24) is 9.80 Å². The Morgan fingerprint density at radius 1 is 1.36 bits per heavy atom. The maximum Gasteiger partial charge on any atom is 0.222 e. The molecule has 0 aromatic rings. The third kappa shape index (κ3) is 2.08. The average molecular weight is 175 g/mol. The van der Waals surface area contributed by atoms with Gasteiger partial charge in [-0.15, -0.1) is 0 Å². The molecule has 11 heavy (non-hydrogen) atoms. The van der Waals surface area contributed by atoms with Crippen molar-refractivity contribution in [3.05, 3.63) is 0 Å². The highest BCUT2D eigenvalue weighted by Gasteiger charge is 2.21. The van der Waals surface area contributed by atoms with Crippen molar-refractivity contribution in [2.45, 2.75) is 6.35 Å². The van der Waals surface area contributed by atoms with Crippen LogP contribution in [-0.4, -0.2) is 49.5 Å². The predicted octanol–water partition coefficient (Wildman–Crippen LogP) is 0.428. The Morgan fingerprint density at radius 2 is 2.00 bits per heavy atom. The quantitative estimate of drug-likeness (QED) is 0.540. The molecule has 1 heterocycles. The molecule has 0 aromatic heterocycles. The van der Waals surface area contributed by atoms with Crippen LogP contribution in [0.4, 0.5) is 0 Å². The first kappa shape index (κ1) is 8.83. The van der Waals surface area contributed by atoms with Gasteiger partial charge in [0.15, 0.2) is 5.17 Å². The molecular formula is C6H13N3OS. The molecule has 5 heteroatoms. The van der Waals surface area contributed by atoms with Crippen LogP contribution in [0.15, 0.2) is 4.99 Å². The summed E-state index contributed by atoms with van der Waals surface area (Å²) < 4.78 is 5.29. The molecule has 0 bridgehead atoms. The summed E-state index contributed by atoms with van der Waals surface area (Å²) in [6.07, 6.45) is -0.127. The highest BCUT2D eigenvalue weighted by molar-refractivity contribution is 8.09. The van der Waals surface area contributed by atoms with Crippen LogP contribution in [0.2, 0.25) is 0 Å². The molecule has 0 aliphatic carbocycles. The zero-order valence-corrected chi connectivity index (χ0v) is 8.05. The molecule has 4 nitrogen and oxygen atoms in total. The zero-order valence-electron chi connectivity index (χ0n) is 7.24. The summed E-state index contributed by atoms with van der Waals surface area (Å²) in [5, 5.41) is 0.920. The van der Waals surface area contributed by atoms with Crippen LogP contribution in [0, 0.1) is 0 Å². The molecule has 0 fully saturated rings. The maximum absolute atomic E-state index is 5.29. The average Bonchev–Trinajstić information content (AvgIpc) is 2.33. The highest BCUT2D eigenvalue weighted by Crippen LogP contribution is 2.21. The first-order valence-electron chi connectivity index (χ1n) is 3.36. The monoisotopic (exact) mass is 175 g/mol. The van der Waals surface area contributed by atoms with E-state index in [2.05, 4.69) is 4.99 Å². The van der Waals surface area contributed by atoms with Gasteiger partial charge in [-0.25, -0.2) is 4.99 Å². The summed E-state index contributed by atoms with van der Waals surface area (Å²) in [6, 6.07) is 0. The summed E-state index contributed by atoms with van der Waals surface area (Å²) in [6.45, 7) is 0. The second-order valence-electron chi connectivity index (χ2n) is 2.78. The van der Waals surface area contributed by atoms with Crippen molar-refractivity contribution in [3.63, 3.8) is 0 Å². The van der Waals surface area contributed by atoms with Crippen molar-refractivity contribution >= 4 is 17.2 Å². The van der Waals surface area contributed by atoms with Crippen molar-refractivity contribution in [2.24, 2.45) is 4.99 Å². The number of rotatable bonds is 1. The minimum atomic E-state index is -0.127. The van der Waals surface area contributed by atoms with Crippen LogP contribution in [0.25, 0.3) is 0 Å². The molecule has 64 valence electrons. The molecule has 0 amide bonds. The topological polar surface area (TPSA) is 28.1 Å². The SMILES string of the molecule is CN(C)C1=NC(N(C)C)OS1. The number of amidine groups is 1. The highest BCUT2D eigenvalue weighted by atomic mass is 32.2. The third-order valence-corrected chi connectivity index (χ3v) is 2.14. The summed E-state index contributed by atoms with van der Waals surface area (Å²) in [5.74, 6) is 0.